The lowest BCUT2D eigenvalue weighted by Crippen LogP contribution is -2.29. The third-order valence-corrected chi connectivity index (χ3v) is 6.97. The molecule has 0 aliphatic carbocycles. The molecule has 2 aliphatic heterocycles. The summed E-state index contributed by atoms with van der Waals surface area (Å²) < 4.78 is 12.0. The van der Waals surface area contributed by atoms with Crippen molar-refractivity contribution in [2.45, 2.75) is 51.7 Å². The zero-order valence-corrected chi connectivity index (χ0v) is 23.5. The van der Waals surface area contributed by atoms with E-state index in [1.54, 1.807) is 63.2 Å². The van der Waals surface area contributed by atoms with E-state index >= 15 is 0 Å². The maximum Gasteiger partial charge on any atom is 0.412 e. The molecule has 3 heterocycles. The molecule has 3 aromatic rings. The number of rotatable bonds is 6. The first kappa shape index (κ1) is 28.1. The molecule has 212 valence electrons. The molecule has 0 radical (unpaired) electrons. The number of pyridine rings is 1. The molecule has 2 N–H and O–H groups in total. The van der Waals surface area contributed by atoms with Gasteiger partial charge in [-0.25, -0.2) is 9.59 Å². The number of Topliss-reactive ketones (excluding diaryl/α,β-unsaturated/α-hetero) is 1. The van der Waals surface area contributed by atoms with Gasteiger partial charge in [0.15, 0.2) is 12.4 Å². The summed E-state index contributed by atoms with van der Waals surface area (Å²) in [5.41, 5.74) is 2.64. The Morgan fingerprint density at radius 3 is 2.61 bits per heavy atom. The first-order valence-electron chi connectivity index (χ1n) is 13.1. The molecule has 1 unspecified atom stereocenters. The standard InChI is InChI=1S/C30H28ClN3O7/c1-30(2,3)41-29(39)33-23-8-5-19(31)14-21(23)17-11-20-6-9-24(34(20)27(37)13-17)28(38)40-15-25(35)16-4-7-22-18(10-16)12-26(36)32-22/h4-5,7-8,10-11,13-14,24H,6,9,12,15H2,1-3H3,(H,32,36)(H,33,39). The van der Waals surface area contributed by atoms with Crippen molar-refractivity contribution < 1.29 is 28.7 Å². The van der Waals surface area contributed by atoms with E-state index < -0.39 is 41.7 Å². The highest BCUT2D eigenvalue weighted by Crippen LogP contribution is 2.34. The lowest BCUT2D eigenvalue weighted by Gasteiger charge is -2.21. The second-order valence-electron chi connectivity index (χ2n) is 10.9. The van der Waals surface area contributed by atoms with Gasteiger partial charge in [-0.3, -0.25) is 24.3 Å². The van der Waals surface area contributed by atoms with Crippen molar-refractivity contribution in [2.24, 2.45) is 0 Å². The molecule has 1 aromatic heterocycles. The molecule has 0 saturated heterocycles. The van der Waals surface area contributed by atoms with Gasteiger partial charge in [0, 0.05) is 33.6 Å². The number of aryl methyl sites for hydroxylation is 1. The lowest BCUT2D eigenvalue weighted by molar-refractivity contribution is -0.146. The minimum atomic E-state index is -0.875. The summed E-state index contributed by atoms with van der Waals surface area (Å²) in [6, 6.07) is 12.0. The highest BCUT2D eigenvalue weighted by atomic mass is 35.5. The van der Waals surface area contributed by atoms with Crippen molar-refractivity contribution in [3.63, 3.8) is 0 Å². The van der Waals surface area contributed by atoms with Gasteiger partial charge in [-0.15, -0.1) is 0 Å². The molecule has 2 aliphatic rings. The number of carbonyl (C=O) groups is 4. The smallest absolute Gasteiger partial charge is 0.412 e. The van der Waals surface area contributed by atoms with Crippen LogP contribution < -0.4 is 16.2 Å². The molecule has 41 heavy (non-hydrogen) atoms. The molecule has 1 atom stereocenters. The number of benzene rings is 2. The maximum absolute atomic E-state index is 13.2. The van der Waals surface area contributed by atoms with Gasteiger partial charge in [0.1, 0.15) is 11.6 Å². The number of ketones is 1. The number of hydrogen-bond donors (Lipinski definition) is 2. The largest absolute Gasteiger partial charge is 0.456 e. The summed E-state index contributed by atoms with van der Waals surface area (Å²) in [7, 11) is 0. The van der Waals surface area contributed by atoms with Crippen molar-refractivity contribution in [2.75, 3.05) is 17.2 Å². The van der Waals surface area contributed by atoms with Crippen molar-refractivity contribution >= 4 is 46.7 Å². The topological polar surface area (TPSA) is 133 Å². The average Bonchev–Trinajstić information content (AvgIpc) is 3.49. The minimum absolute atomic E-state index is 0.143. The van der Waals surface area contributed by atoms with E-state index in [4.69, 9.17) is 21.1 Å². The number of amides is 2. The van der Waals surface area contributed by atoms with Crippen LogP contribution >= 0.6 is 11.6 Å². The van der Waals surface area contributed by atoms with Gasteiger partial charge < -0.3 is 14.8 Å². The number of fused-ring (bicyclic) bond motifs is 2. The van der Waals surface area contributed by atoms with E-state index in [2.05, 4.69) is 10.6 Å². The highest BCUT2D eigenvalue weighted by molar-refractivity contribution is 6.31. The lowest BCUT2D eigenvalue weighted by atomic mass is 10.0. The van der Waals surface area contributed by atoms with Gasteiger partial charge >= 0.3 is 12.1 Å². The van der Waals surface area contributed by atoms with Crippen LogP contribution in [-0.4, -0.2) is 40.5 Å². The van der Waals surface area contributed by atoms with Crippen LogP contribution in [0, 0.1) is 0 Å². The highest BCUT2D eigenvalue weighted by Gasteiger charge is 2.32. The zero-order valence-electron chi connectivity index (χ0n) is 22.7. The summed E-state index contributed by atoms with van der Waals surface area (Å²) in [4.78, 5) is 62.8. The Balaban J connectivity index is 1.32. The van der Waals surface area contributed by atoms with Crippen LogP contribution in [0.2, 0.25) is 5.02 Å². The molecule has 0 spiro atoms. The minimum Gasteiger partial charge on any atom is -0.456 e. The molecular formula is C30H28ClN3O7. The molecular weight excluding hydrogens is 550 g/mol. The van der Waals surface area contributed by atoms with Crippen LogP contribution in [0.4, 0.5) is 16.2 Å². The molecule has 0 bridgehead atoms. The van der Waals surface area contributed by atoms with E-state index in [9.17, 15) is 24.0 Å². The van der Waals surface area contributed by atoms with Gasteiger partial charge in [0.05, 0.1) is 12.1 Å². The van der Waals surface area contributed by atoms with Crippen LogP contribution in [0.25, 0.3) is 11.1 Å². The molecule has 5 rings (SSSR count). The summed E-state index contributed by atoms with van der Waals surface area (Å²) >= 11 is 6.24. The van der Waals surface area contributed by atoms with Crippen LogP contribution in [0.15, 0.2) is 53.3 Å². The number of halogens is 1. The Labute approximate surface area is 240 Å². The predicted molar refractivity (Wildman–Crippen MR) is 152 cm³/mol. The Morgan fingerprint density at radius 2 is 1.85 bits per heavy atom. The number of ether oxygens (including phenoxy) is 2. The molecule has 11 heteroatoms. The van der Waals surface area contributed by atoms with Crippen LogP contribution in [-0.2, 0) is 31.9 Å². The van der Waals surface area contributed by atoms with Gasteiger partial charge in [-0.1, -0.05) is 11.6 Å². The van der Waals surface area contributed by atoms with Crippen molar-refractivity contribution in [3.8, 4) is 11.1 Å². The first-order valence-corrected chi connectivity index (χ1v) is 13.4. The third kappa shape index (κ3) is 6.17. The molecule has 10 nitrogen and oxygen atoms in total. The fraction of sp³-hybridized carbons (Fsp3) is 0.300. The van der Waals surface area contributed by atoms with E-state index in [1.165, 1.54) is 10.6 Å². The quantitative estimate of drug-likeness (QED) is 0.314. The number of nitrogens with one attached hydrogen (secondary N) is 2. The first-order chi connectivity index (χ1) is 19.4. The van der Waals surface area contributed by atoms with Crippen molar-refractivity contribution in [1.29, 1.82) is 0 Å². The van der Waals surface area contributed by atoms with Crippen LogP contribution in [0.5, 0.6) is 0 Å². The second kappa shape index (κ2) is 10.9. The molecule has 2 amide bonds. The van der Waals surface area contributed by atoms with Gasteiger partial charge in [0.2, 0.25) is 5.91 Å². The number of hydrogen-bond acceptors (Lipinski definition) is 7. The van der Waals surface area contributed by atoms with Crippen LogP contribution in [0.1, 0.15) is 54.8 Å². The SMILES string of the molecule is CC(C)(C)OC(=O)Nc1ccc(Cl)cc1-c1cc2n(c(=O)c1)C(C(=O)OCC(=O)c1ccc3c(c1)CC(=O)N3)CC2. The fourth-order valence-electron chi connectivity index (χ4n) is 4.97. The monoisotopic (exact) mass is 577 g/mol. The number of aromatic nitrogens is 1. The average molecular weight is 578 g/mol. The predicted octanol–water partition coefficient (Wildman–Crippen LogP) is 4.92. The Hall–Kier alpha value is -4.44. The number of anilines is 2. The zero-order chi connectivity index (χ0) is 29.5. The number of esters is 1. The van der Waals surface area contributed by atoms with Gasteiger partial charge in [-0.05, 0) is 87.2 Å². The van der Waals surface area contributed by atoms with Crippen molar-refractivity contribution in [1.82, 2.24) is 4.57 Å². The third-order valence-electron chi connectivity index (χ3n) is 6.73. The maximum atomic E-state index is 13.2. The number of nitrogens with zero attached hydrogens (tertiary/aromatic N) is 1. The molecule has 0 fully saturated rings. The summed E-state index contributed by atoms with van der Waals surface area (Å²) in [6.45, 7) is 4.77. The number of carbonyl (C=O) groups excluding carboxylic acids is 4. The fourth-order valence-corrected chi connectivity index (χ4v) is 5.14. The summed E-state index contributed by atoms with van der Waals surface area (Å²) in [6.07, 6.45) is 0.296. The molecule has 2 aromatic carbocycles. The van der Waals surface area contributed by atoms with E-state index in [0.29, 0.717) is 57.2 Å². The van der Waals surface area contributed by atoms with E-state index in [-0.39, 0.29) is 12.3 Å². The Morgan fingerprint density at radius 1 is 1.07 bits per heavy atom. The van der Waals surface area contributed by atoms with Gasteiger partial charge in [-0.2, -0.15) is 0 Å². The van der Waals surface area contributed by atoms with Crippen LogP contribution in [0.3, 0.4) is 0 Å². The molecule has 0 saturated carbocycles. The Kier molecular flexibility index (Phi) is 7.44. The summed E-state index contributed by atoms with van der Waals surface area (Å²) in [5, 5.41) is 5.82. The normalized spacial score (nSPS) is 15.5. The van der Waals surface area contributed by atoms with E-state index in [0.717, 1.165) is 0 Å². The van der Waals surface area contributed by atoms with E-state index in [1.807, 2.05) is 0 Å². The van der Waals surface area contributed by atoms with Crippen molar-refractivity contribution in [3.05, 3.63) is 80.7 Å². The summed E-state index contributed by atoms with van der Waals surface area (Å²) in [5.74, 6) is -1.23. The second-order valence-corrected chi connectivity index (χ2v) is 11.4. The van der Waals surface area contributed by atoms with Gasteiger partial charge in [0.25, 0.3) is 5.56 Å². The Bertz CT molecular complexity index is 1650.